The van der Waals surface area contributed by atoms with E-state index in [2.05, 4.69) is 15.3 Å². The van der Waals surface area contributed by atoms with Crippen molar-refractivity contribution in [2.75, 3.05) is 31.0 Å². The normalized spacial score (nSPS) is 10.3. The van der Waals surface area contributed by atoms with Gasteiger partial charge in [-0.3, -0.25) is 4.98 Å². The predicted molar refractivity (Wildman–Crippen MR) is 61.5 cm³/mol. The van der Waals surface area contributed by atoms with E-state index in [0.717, 1.165) is 23.8 Å². The highest BCUT2D eigenvalue weighted by atomic mass is 35.5. The van der Waals surface area contributed by atoms with Crippen molar-refractivity contribution in [3.8, 4) is 0 Å². The maximum atomic E-state index is 5.48. The first-order valence-corrected chi connectivity index (χ1v) is 5.45. The van der Waals surface area contributed by atoms with Gasteiger partial charge in [-0.25, -0.2) is 4.98 Å². The number of halogens is 1. The van der Waals surface area contributed by atoms with Gasteiger partial charge < -0.3 is 10.1 Å². The molecule has 0 aromatic carbocycles. The summed E-state index contributed by atoms with van der Waals surface area (Å²) in [6, 6.07) is 0. The summed E-state index contributed by atoms with van der Waals surface area (Å²) >= 11 is 5.48. The lowest BCUT2D eigenvalue weighted by Gasteiger charge is -2.08. The first-order valence-electron chi connectivity index (χ1n) is 4.92. The molecule has 0 aliphatic rings. The Morgan fingerprint density at radius 1 is 1.40 bits per heavy atom. The first kappa shape index (κ1) is 12.2. The van der Waals surface area contributed by atoms with Crippen LogP contribution in [0.2, 0.25) is 0 Å². The fraction of sp³-hybridized carbons (Fsp3) is 0.600. The molecule has 0 aliphatic heterocycles. The van der Waals surface area contributed by atoms with Crippen LogP contribution in [-0.4, -0.2) is 35.6 Å². The van der Waals surface area contributed by atoms with Crippen LogP contribution in [0.4, 0.5) is 5.82 Å². The number of anilines is 1. The number of nitrogens with zero attached hydrogens (tertiary/aromatic N) is 2. The average Bonchev–Trinajstić information content (AvgIpc) is 2.23. The lowest BCUT2D eigenvalue weighted by molar-refractivity contribution is 0.160. The van der Waals surface area contributed by atoms with Crippen molar-refractivity contribution >= 4 is 17.4 Å². The third-order valence-electron chi connectivity index (χ3n) is 1.84. The molecule has 1 aromatic rings. The van der Waals surface area contributed by atoms with Crippen LogP contribution >= 0.6 is 11.6 Å². The van der Waals surface area contributed by atoms with Gasteiger partial charge in [-0.2, -0.15) is 0 Å². The van der Waals surface area contributed by atoms with Crippen molar-refractivity contribution in [2.45, 2.75) is 13.8 Å². The SMILES string of the molecule is Cc1cnc(C)c(NCCOCCCl)n1. The Labute approximate surface area is 95.0 Å². The van der Waals surface area contributed by atoms with Gasteiger partial charge in [-0.05, 0) is 13.8 Å². The van der Waals surface area contributed by atoms with E-state index in [1.165, 1.54) is 0 Å². The Bertz CT molecular complexity index is 307. The average molecular weight is 230 g/mol. The second-order valence-corrected chi connectivity index (χ2v) is 3.55. The van der Waals surface area contributed by atoms with E-state index in [1.54, 1.807) is 6.20 Å². The zero-order valence-electron chi connectivity index (χ0n) is 9.09. The summed E-state index contributed by atoms with van der Waals surface area (Å²) in [4.78, 5) is 8.54. The maximum absolute atomic E-state index is 5.48. The van der Waals surface area contributed by atoms with Crippen molar-refractivity contribution in [1.29, 1.82) is 0 Å². The highest BCUT2D eigenvalue weighted by molar-refractivity contribution is 6.17. The van der Waals surface area contributed by atoms with Gasteiger partial charge in [-0.15, -0.1) is 11.6 Å². The number of aryl methyl sites for hydroxylation is 2. The topological polar surface area (TPSA) is 47.0 Å². The first-order chi connectivity index (χ1) is 7.24. The Morgan fingerprint density at radius 3 is 2.93 bits per heavy atom. The van der Waals surface area contributed by atoms with Crippen molar-refractivity contribution in [3.05, 3.63) is 17.6 Å². The molecule has 0 amide bonds. The van der Waals surface area contributed by atoms with E-state index in [-0.39, 0.29) is 0 Å². The van der Waals surface area contributed by atoms with Crippen molar-refractivity contribution < 1.29 is 4.74 Å². The Morgan fingerprint density at radius 2 is 2.20 bits per heavy atom. The number of nitrogens with one attached hydrogen (secondary N) is 1. The highest BCUT2D eigenvalue weighted by Gasteiger charge is 2.00. The van der Waals surface area contributed by atoms with Gasteiger partial charge in [0.1, 0.15) is 5.82 Å². The number of hydrogen-bond donors (Lipinski definition) is 1. The van der Waals surface area contributed by atoms with E-state index in [4.69, 9.17) is 16.3 Å². The summed E-state index contributed by atoms with van der Waals surface area (Å²) in [6.07, 6.45) is 1.75. The number of ether oxygens (including phenoxy) is 1. The van der Waals surface area contributed by atoms with Gasteiger partial charge in [0, 0.05) is 18.6 Å². The van der Waals surface area contributed by atoms with E-state index in [1.807, 2.05) is 13.8 Å². The Balaban J connectivity index is 2.33. The molecule has 1 rings (SSSR count). The van der Waals surface area contributed by atoms with Gasteiger partial charge in [0.15, 0.2) is 0 Å². The van der Waals surface area contributed by atoms with Crippen LogP contribution in [-0.2, 0) is 4.74 Å². The molecule has 0 saturated heterocycles. The van der Waals surface area contributed by atoms with Gasteiger partial charge in [0.2, 0.25) is 0 Å². The van der Waals surface area contributed by atoms with Crippen LogP contribution in [0, 0.1) is 13.8 Å². The standard InChI is InChI=1S/C10H16ClN3O/c1-8-7-13-9(2)10(14-8)12-4-6-15-5-3-11/h7H,3-6H2,1-2H3,(H,12,14). The second-order valence-electron chi connectivity index (χ2n) is 3.17. The van der Waals surface area contributed by atoms with Gasteiger partial charge >= 0.3 is 0 Å². The molecule has 5 heteroatoms. The molecule has 1 heterocycles. The van der Waals surface area contributed by atoms with E-state index in [9.17, 15) is 0 Å². The predicted octanol–water partition coefficient (Wildman–Crippen LogP) is 1.76. The minimum Gasteiger partial charge on any atom is -0.378 e. The fourth-order valence-corrected chi connectivity index (χ4v) is 1.21. The number of rotatable bonds is 6. The van der Waals surface area contributed by atoms with Gasteiger partial charge in [0.05, 0.1) is 24.6 Å². The van der Waals surface area contributed by atoms with Crippen molar-refractivity contribution in [2.24, 2.45) is 0 Å². The maximum Gasteiger partial charge on any atom is 0.147 e. The number of aromatic nitrogens is 2. The van der Waals surface area contributed by atoms with Crippen LogP contribution in [0.15, 0.2) is 6.20 Å². The van der Waals surface area contributed by atoms with Gasteiger partial charge in [0.25, 0.3) is 0 Å². The molecule has 15 heavy (non-hydrogen) atoms. The molecule has 0 fully saturated rings. The largest absolute Gasteiger partial charge is 0.378 e. The molecule has 0 atom stereocenters. The summed E-state index contributed by atoms with van der Waals surface area (Å²) < 4.78 is 5.23. The molecular formula is C10H16ClN3O. The van der Waals surface area contributed by atoms with Crippen LogP contribution in [0.25, 0.3) is 0 Å². The minimum atomic E-state index is 0.531. The molecule has 1 aromatic heterocycles. The molecule has 1 N–H and O–H groups in total. The lowest BCUT2D eigenvalue weighted by atomic mass is 10.4. The summed E-state index contributed by atoms with van der Waals surface area (Å²) in [5.74, 6) is 1.35. The monoisotopic (exact) mass is 229 g/mol. The van der Waals surface area contributed by atoms with Crippen molar-refractivity contribution in [1.82, 2.24) is 9.97 Å². The quantitative estimate of drug-likeness (QED) is 0.597. The Kier molecular flexibility index (Phi) is 5.36. The summed E-state index contributed by atoms with van der Waals surface area (Å²) in [7, 11) is 0. The third-order valence-corrected chi connectivity index (χ3v) is 1.99. The molecule has 0 spiro atoms. The summed E-state index contributed by atoms with van der Waals surface area (Å²) in [6.45, 7) is 5.77. The lowest BCUT2D eigenvalue weighted by Crippen LogP contribution is -2.13. The molecule has 4 nitrogen and oxygen atoms in total. The number of alkyl halides is 1. The zero-order chi connectivity index (χ0) is 11.1. The molecule has 0 radical (unpaired) electrons. The summed E-state index contributed by atoms with van der Waals surface area (Å²) in [5, 5.41) is 3.17. The van der Waals surface area contributed by atoms with Crippen molar-refractivity contribution in [3.63, 3.8) is 0 Å². The van der Waals surface area contributed by atoms with E-state index < -0.39 is 0 Å². The van der Waals surface area contributed by atoms with Crippen LogP contribution in [0.3, 0.4) is 0 Å². The van der Waals surface area contributed by atoms with Gasteiger partial charge in [-0.1, -0.05) is 0 Å². The Hall–Kier alpha value is -0.870. The van der Waals surface area contributed by atoms with Crippen LogP contribution in [0.5, 0.6) is 0 Å². The van der Waals surface area contributed by atoms with E-state index in [0.29, 0.717) is 19.1 Å². The molecule has 0 saturated carbocycles. The molecular weight excluding hydrogens is 214 g/mol. The second kappa shape index (κ2) is 6.58. The van der Waals surface area contributed by atoms with Crippen LogP contribution in [0.1, 0.15) is 11.4 Å². The fourth-order valence-electron chi connectivity index (χ4n) is 1.10. The summed E-state index contributed by atoms with van der Waals surface area (Å²) in [5.41, 5.74) is 1.81. The van der Waals surface area contributed by atoms with E-state index >= 15 is 0 Å². The smallest absolute Gasteiger partial charge is 0.147 e. The molecule has 0 bridgehead atoms. The highest BCUT2D eigenvalue weighted by Crippen LogP contribution is 2.07. The van der Waals surface area contributed by atoms with Crippen LogP contribution < -0.4 is 5.32 Å². The molecule has 84 valence electrons. The zero-order valence-corrected chi connectivity index (χ0v) is 9.84. The molecule has 0 aliphatic carbocycles. The minimum absolute atomic E-state index is 0.531. The number of hydrogen-bond acceptors (Lipinski definition) is 4. The third kappa shape index (κ3) is 4.44. The molecule has 0 unspecified atom stereocenters.